The highest BCUT2D eigenvalue weighted by atomic mass is 35.5. The van der Waals surface area contributed by atoms with Gasteiger partial charge in [-0.25, -0.2) is 8.78 Å². The number of piperidine rings is 1. The zero-order valence-corrected chi connectivity index (χ0v) is 13.3. The first kappa shape index (κ1) is 18.8. The number of amides is 1. The molecular formula is C15H22ClF2N3O. The maximum Gasteiger partial charge on any atom is 0.238 e. The molecule has 0 radical (unpaired) electrons. The largest absolute Gasteiger partial charge is 0.328 e. The minimum Gasteiger partial charge on any atom is -0.328 e. The van der Waals surface area contributed by atoms with Gasteiger partial charge in [-0.05, 0) is 44.4 Å². The Balaban J connectivity index is 0.00000242. The number of carbonyl (C=O) groups is 1. The Bertz CT molecular complexity index is 514. The summed E-state index contributed by atoms with van der Waals surface area (Å²) in [6, 6.07) is 3.44. The highest BCUT2D eigenvalue weighted by Gasteiger charge is 2.23. The van der Waals surface area contributed by atoms with Gasteiger partial charge in [-0.2, -0.15) is 0 Å². The lowest BCUT2D eigenvalue weighted by atomic mass is 9.92. The molecule has 0 aromatic heterocycles. The summed E-state index contributed by atoms with van der Waals surface area (Å²) in [7, 11) is 0. The van der Waals surface area contributed by atoms with Gasteiger partial charge in [-0.1, -0.05) is 0 Å². The van der Waals surface area contributed by atoms with E-state index in [1.54, 1.807) is 0 Å². The molecule has 1 aliphatic heterocycles. The number of nitrogens with two attached hydrogens (primary N) is 1. The third-order valence-electron chi connectivity index (χ3n) is 3.86. The monoisotopic (exact) mass is 333 g/mol. The summed E-state index contributed by atoms with van der Waals surface area (Å²) in [5.74, 6) is -1.73. The molecule has 0 saturated carbocycles. The first-order valence-corrected chi connectivity index (χ1v) is 7.18. The van der Waals surface area contributed by atoms with Crippen molar-refractivity contribution in [2.24, 2.45) is 11.7 Å². The lowest BCUT2D eigenvalue weighted by molar-refractivity contribution is -0.117. The van der Waals surface area contributed by atoms with Crippen molar-refractivity contribution in [3.05, 3.63) is 29.8 Å². The average molecular weight is 334 g/mol. The van der Waals surface area contributed by atoms with E-state index in [2.05, 4.69) is 5.32 Å². The quantitative estimate of drug-likeness (QED) is 0.889. The van der Waals surface area contributed by atoms with E-state index in [4.69, 9.17) is 5.73 Å². The molecule has 2 atom stereocenters. The van der Waals surface area contributed by atoms with Gasteiger partial charge >= 0.3 is 0 Å². The van der Waals surface area contributed by atoms with Crippen molar-refractivity contribution >= 4 is 24.0 Å². The third-order valence-corrected chi connectivity index (χ3v) is 3.86. The van der Waals surface area contributed by atoms with Crippen molar-refractivity contribution in [1.29, 1.82) is 0 Å². The summed E-state index contributed by atoms with van der Waals surface area (Å²) in [6.45, 7) is 3.87. The van der Waals surface area contributed by atoms with Gasteiger partial charge in [0.1, 0.15) is 0 Å². The van der Waals surface area contributed by atoms with Crippen molar-refractivity contribution in [2.75, 3.05) is 25.0 Å². The number of likely N-dealkylation sites (tertiary alicyclic amines) is 1. The summed E-state index contributed by atoms with van der Waals surface area (Å²) in [4.78, 5) is 14.0. The van der Waals surface area contributed by atoms with Crippen LogP contribution in [0.3, 0.4) is 0 Å². The number of hydrogen-bond acceptors (Lipinski definition) is 3. The van der Waals surface area contributed by atoms with Gasteiger partial charge in [0.25, 0.3) is 0 Å². The fourth-order valence-electron chi connectivity index (χ4n) is 2.64. The molecule has 4 nitrogen and oxygen atoms in total. The normalized spacial score (nSPS) is 20.1. The predicted octanol–water partition coefficient (Wildman–Crippen LogP) is 2.38. The molecule has 1 saturated heterocycles. The smallest absolute Gasteiger partial charge is 0.238 e. The van der Waals surface area contributed by atoms with Crippen LogP contribution in [0, 0.1) is 17.6 Å². The molecule has 7 heteroatoms. The maximum absolute atomic E-state index is 13.1. The second-order valence-electron chi connectivity index (χ2n) is 5.67. The molecule has 0 bridgehead atoms. The van der Waals surface area contributed by atoms with Gasteiger partial charge in [0.15, 0.2) is 11.6 Å². The second-order valence-corrected chi connectivity index (χ2v) is 5.67. The minimum atomic E-state index is -0.970. The minimum absolute atomic E-state index is 0. The van der Waals surface area contributed by atoms with Gasteiger partial charge in [-0.3, -0.25) is 9.69 Å². The summed E-state index contributed by atoms with van der Waals surface area (Å²) < 4.78 is 25.9. The first-order chi connectivity index (χ1) is 9.95. The van der Waals surface area contributed by atoms with Crippen LogP contribution < -0.4 is 11.1 Å². The standard InChI is InChI=1S/C15H21F2N3O.ClH/c1-10(18)11-3-2-6-20(8-11)9-15(21)19-12-4-5-13(16)14(17)7-12;/h4-5,7,10-11H,2-3,6,8-9,18H2,1H3,(H,19,21);1H. The number of carbonyl (C=O) groups excluding carboxylic acids is 1. The predicted molar refractivity (Wildman–Crippen MR) is 85.0 cm³/mol. The van der Waals surface area contributed by atoms with Crippen molar-refractivity contribution in [1.82, 2.24) is 4.90 Å². The van der Waals surface area contributed by atoms with Crippen LogP contribution in [0.5, 0.6) is 0 Å². The second kappa shape index (κ2) is 8.41. The summed E-state index contributed by atoms with van der Waals surface area (Å²) in [5, 5.41) is 2.58. The zero-order chi connectivity index (χ0) is 15.4. The summed E-state index contributed by atoms with van der Waals surface area (Å²) >= 11 is 0. The van der Waals surface area contributed by atoms with Crippen molar-refractivity contribution in [2.45, 2.75) is 25.8 Å². The Labute approximate surface area is 135 Å². The van der Waals surface area contributed by atoms with Crippen molar-refractivity contribution < 1.29 is 13.6 Å². The maximum atomic E-state index is 13.1. The molecule has 3 N–H and O–H groups in total. The molecular weight excluding hydrogens is 312 g/mol. The number of halogens is 3. The molecule has 1 aromatic rings. The van der Waals surface area contributed by atoms with E-state index in [0.717, 1.165) is 38.1 Å². The van der Waals surface area contributed by atoms with Gasteiger partial charge in [0, 0.05) is 24.3 Å². The van der Waals surface area contributed by atoms with E-state index in [9.17, 15) is 13.6 Å². The lowest BCUT2D eigenvalue weighted by Gasteiger charge is -2.34. The van der Waals surface area contributed by atoms with Crippen LogP contribution >= 0.6 is 12.4 Å². The van der Waals surface area contributed by atoms with Gasteiger partial charge in [0.05, 0.1) is 6.54 Å². The third kappa shape index (κ3) is 5.19. The Morgan fingerprint density at radius 1 is 1.45 bits per heavy atom. The van der Waals surface area contributed by atoms with Crippen molar-refractivity contribution in [3.8, 4) is 0 Å². The Hall–Kier alpha value is -1.24. The van der Waals surface area contributed by atoms with Crippen molar-refractivity contribution in [3.63, 3.8) is 0 Å². The van der Waals surface area contributed by atoms with Gasteiger partial charge in [0.2, 0.25) is 5.91 Å². The van der Waals surface area contributed by atoms with Crippen LogP contribution in [0.2, 0.25) is 0 Å². The van der Waals surface area contributed by atoms with Gasteiger partial charge < -0.3 is 11.1 Å². The van der Waals surface area contributed by atoms with Crippen LogP contribution in [-0.2, 0) is 4.79 Å². The molecule has 1 aromatic carbocycles. The van der Waals surface area contributed by atoms with Crippen LogP contribution in [-0.4, -0.2) is 36.5 Å². The van der Waals surface area contributed by atoms with E-state index in [1.807, 2.05) is 11.8 Å². The fourth-order valence-corrected chi connectivity index (χ4v) is 2.64. The van der Waals surface area contributed by atoms with Crippen LogP contribution in [0.15, 0.2) is 18.2 Å². The van der Waals surface area contributed by atoms with E-state index >= 15 is 0 Å². The molecule has 2 rings (SSSR count). The van der Waals surface area contributed by atoms with E-state index in [0.29, 0.717) is 5.92 Å². The summed E-state index contributed by atoms with van der Waals surface area (Å²) in [5.41, 5.74) is 6.17. The average Bonchev–Trinajstić information content (AvgIpc) is 2.43. The molecule has 0 spiro atoms. The fraction of sp³-hybridized carbons (Fsp3) is 0.533. The Morgan fingerprint density at radius 2 is 2.18 bits per heavy atom. The Morgan fingerprint density at radius 3 is 2.82 bits per heavy atom. The van der Waals surface area contributed by atoms with Crippen LogP contribution in [0.25, 0.3) is 0 Å². The lowest BCUT2D eigenvalue weighted by Crippen LogP contribution is -2.45. The number of benzene rings is 1. The summed E-state index contributed by atoms with van der Waals surface area (Å²) in [6.07, 6.45) is 2.10. The number of nitrogens with zero attached hydrogens (tertiary/aromatic N) is 1. The molecule has 0 aliphatic carbocycles. The van der Waals surface area contributed by atoms with E-state index in [-0.39, 0.29) is 36.6 Å². The number of hydrogen-bond donors (Lipinski definition) is 2. The molecule has 2 unspecified atom stereocenters. The van der Waals surface area contributed by atoms with E-state index < -0.39 is 11.6 Å². The SMILES string of the molecule is CC(N)C1CCCN(CC(=O)Nc2ccc(F)c(F)c2)C1.Cl. The molecule has 1 fully saturated rings. The number of nitrogens with one attached hydrogen (secondary N) is 1. The zero-order valence-electron chi connectivity index (χ0n) is 12.5. The molecule has 1 aliphatic rings. The van der Waals surface area contributed by atoms with Crippen LogP contribution in [0.1, 0.15) is 19.8 Å². The highest BCUT2D eigenvalue weighted by Crippen LogP contribution is 2.19. The first-order valence-electron chi connectivity index (χ1n) is 7.18. The number of rotatable bonds is 4. The molecule has 124 valence electrons. The Kier molecular flexibility index (Phi) is 7.19. The number of anilines is 1. The molecule has 22 heavy (non-hydrogen) atoms. The van der Waals surface area contributed by atoms with Gasteiger partial charge in [-0.15, -0.1) is 12.4 Å². The van der Waals surface area contributed by atoms with E-state index in [1.165, 1.54) is 6.07 Å². The van der Waals surface area contributed by atoms with Crippen LogP contribution in [0.4, 0.5) is 14.5 Å². The molecule has 1 amide bonds. The highest BCUT2D eigenvalue weighted by molar-refractivity contribution is 5.92. The topological polar surface area (TPSA) is 58.4 Å². The molecule has 1 heterocycles.